The fourth-order valence-electron chi connectivity index (χ4n) is 4.68. The van der Waals surface area contributed by atoms with Gasteiger partial charge in [-0.3, -0.25) is 28.1 Å². The van der Waals surface area contributed by atoms with Crippen LogP contribution in [-0.2, 0) is 11.9 Å². The van der Waals surface area contributed by atoms with E-state index in [1.807, 2.05) is 0 Å². The highest BCUT2D eigenvalue weighted by atomic mass is 19.1. The zero-order valence-electron chi connectivity index (χ0n) is 21.8. The van der Waals surface area contributed by atoms with Crippen LogP contribution in [0, 0.1) is 19.7 Å². The molecule has 4 aromatic rings. The van der Waals surface area contributed by atoms with E-state index >= 15 is 0 Å². The van der Waals surface area contributed by atoms with Crippen LogP contribution in [0.3, 0.4) is 0 Å². The van der Waals surface area contributed by atoms with E-state index < -0.39 is 28.7 Å². The average molecular weight is 535 g/mol. The van der Waals surface area contributed by atoms with Gasteiger partial charge in [0, 0.05) is 24.3 Å². The van der Waals surface area contributed by atoms with Crippen molar-refractivity contribution in [2.45, 2.75) is 32.7 Å². The maximum absolute atomic E-state index is 14.8. The predicted octanol–water partition coefficient (Wildman–Crippen LogP) is 3.37. The van der Waals surface area contributed by atoms with Crippen LogP contribution < -0.4 is 32.9 Å². The van der Waals surface area contributed by atoms with Gasteiger partial charge in [0.2, 0.25) is 0 Å². The van der Waals surface area contributed by atoms with E-state index in [0.717, 1.165) is 0 Å². The number of halogens is 1. The van der Waals surface area contributed by atoms with Crippen LogP contribution in [0.2, 0.25) is 0 Å². The lowest BCUT2D eigenvalue weighted by molar-refractivity contribution is 0.114. The first-order chi connectivity index (χ1) is 18.6. The van der Waals surface area contributed by atoms with Crippen LogP contribution in [0.25, 0.3) is 16.6 Å². The molecular weight excluding hydrogens is 507 g/mol. The van der Waals surface area contributed by atoms with Gasteiger partial charge in [0.05, 0.1) is 24.0 Å². The van der Waals surface area contributed by atoms with Crippen molar-refractivity contribution < 1.29 is 14.0 Å². The summed E-state index contributed by atoms with van der Waals surface area (Å²) in [6.07, 6.45) is 1.30. The van der Waals surface area contributed by atoms with Gasteiger partial charge in [-0.2, -0.15) is 0 Å². The molecular formula is C27H27FN6O5. The molecule has 1 saturated carbocycles. The van der Waals surface area contributed by atoms with Gasteiger partial charge < -0.3 is 10.6 Å². The van der Waals surface area contributed by atoms with Crippen LogP contribution in [-0.4, -0.2) is 26.8 Å². The minimum Gasteiger partial charge on any atom is -0.338 e. The molecule has 2 aromatic carbocycles. The van der Waals surface area contributed by atoms with Crippen LogP contribution in [0.1, 0.15) is 30.0 Å². The molecule has 0 unspecified atom stereocenters. The standard InChI is InChI=1S/C27H27FN6O5/c1-14-8-11-20(19(28)12-14)30-23-21-22(15(2)24(35)32(23)3)33(27(38)34(25(21)36)17-9-10-17)18-7-5-6-16(13-18)29-26(37)31-39-4/h5-8,11-13,17,30H,9-10H2,1-4H3,(H2,29,31,37). The number of hydrogen-bond acceptors (Lipinski definition) is 6. The molecule has 202 valence electrons. The number of hydroxylamine groups is 1. The number of carbonyl (C=O) groups excluding carboxylic acids is 1. The summed E-state index contributed by atoms with van der Waals surface area (Å²) in [7, 11) is 2.78. The number of amides is 2. The van der Waals surface area contributed by atoms with Gasteiger partial charge in [0.25, 0.3) is 11.1 Å². The van der Waals surface area contributed by atoms with Crippen LogP contribution in [0.4, 0.5) is 26.4 Å². The zero-order chi connectivity index (χ0) is 28.0. The van der Waals surface area contributed by atoms with E-state index in [0.29, 0.717) is 29.8 Å². The molecule has 0 atom stereocenters. The van der Waals surface area contributed by atoms with Crippen molar-refractivity contribution in [3.8, 4) is 5.69 Å². The minimum absolute atomic E-state index is 0.0604. The summed E-state index contributed by atoms with van der Waals surface area (Å²) in [6.45, 7) is 3.28. The van der Waals surface area contributed by atoms with E-state index in [9.17, 15) is 23.6 Å². The van der Waals surface area contributed by atoms with E-state index in [1.165, 1.54) is 46.9 Å². The predicted molar refractivity (Wildman–Crippen MR) is 146 cm³/mol. The van der Waals surface area contributed by atoms with Crippen molar-refractivity contribution in [2.24, 2.45) is 7.05 Å². The highest BCUT2D eigenvalue weighted by molar-refractivity contribution is 5.94. The highest BCUT2D eigenvalue weighted by Gasteiger charge is 2.31. The summed E-state index contributed by atoms with van der Waals surface area (Å²) in [4.78, 5) is 57.7. The Bertz CT molecular complexity index is 1820. The van der Waals surface area contributed by atoms with Gasteiger partial charge in [0.1, 0.15) is 17.0 Å². The van der Waals surface area contributed by atoms with E-state index in [2.05, 4.69) is 21.0 Å². The molecule has 11 nitrogen and oxygen atoms in total. The van der Waals surface area contributed by atoms with Crippen LogP contribution in [0.5, 0.6) is 0 Å². The lowest BCUT2D eigenvalue weighted by Gasteiger charge is -2.21. The number of pyridine rings is 1. The molecule has 0 saturated heterocycles. The number of anilines is 3. The summed E-state index contributed by atoms with van der Waals surface area (Å²) in [5, 5.41) is 5.59. The Morgan fingerprint density at radius 2 is 1.79 bits per heavy atom. The van der Waals surface area contributed by atoms with Crippen molar-refractivity contribution in [3.05, 3.63) is 90.6 Å². The molecule has 0 bridgehead atoms. The molecule has 2 amide bonds. The molecule has 1 fully saturated rings. The maximum atomic E-state index is 14.8. The third kappa shape index (κ3) is 4.59. The van der Waals surface area contributed by atoms with Gasteiger partial charge in [-0.25, -0.2) is 19.5 Å². The lowest BCUT2D eigenvalue weighted by Crippen LogP contribution is -2.41. The fraction of sp³-hybridized carbons (Fsp3) is 0.259. The molecule has 0 aliphatic heterocycles. The second-order valence-electron chi connectivity index (χ2n) is 9.50. The van der Waals surface area contributed by atoms with E-state index in [-0.39, 0.29) is 34.0 Å². The van der Waals surface area contributed by atoms with Gasteiger partial charge >= 0.3 is 11.7 Å². The molecule has 1 aliphatic carbocycles. The fourth-order valence-corrected chi connectivity index (χ4v) is 4.68. The number of hydrogen-bond donors (Lipinski definition) is 3. The van der Waals surface area contributed by atoms with Gasteiger partial charge in [-0.05, 0) is 62.6 Å². The second-order valence-corrected chi connectivity index (χ2v) is 9.50. The largest absolute Gasteiger partial charge is 0.343 e. The molecule has 12 heteroatoms. The Kier molecular flexibility index (Phi) is 6.56. The van der Waals surface area contributed by atoms with Gasteiger partial charge in [-0.1, -0.05) is 12.1 Å². The highest BCUT2D eigenvalue weighted by Crippen LogP contribution is 2.34. The molecule has 2 heterocycles. The number of fused-ring (bicyclic) bond motifs is 1. The number of aromatic nitrogens is 3. The summed E-state index contributed by atoms with van der Waals surface area (Å²) in [5.41, 5.74) is 2.19. The Labute approximate surface area is 221 Å². The Morgan fingerprint density at radius 3 is 2.46 bits per heavy atom. The molecule has 39 heavy (non-hydrogen) atoms. The number of aryl methyl sites for hydroxylation is 2. The Hall–Kier alpha value is -4.71. The third-order valence-corrected chi connectivity index (χ3v) is 6.69. The summed E-state index contributed by atoms with van der Waals surface area (Å²) < 4.78 is 18.6. The maximum Gasteiger partial charge on any atom is 0.343 e. The SMILES string of the molecule is CONC(=O)Nc1cccc(-n2c(=O)n(C3CC3)c(=O)c3c(Nc4ccc(C)cc4F)n(C)c(=O)c(C)c32)c1. The molecule has 1 aliphatic rings. The normalized spacial score (nSPS) is 12.9. The van der Waals surface area contributed by atoms with Crippen molar-refractivity contribution >= 4 is 34.1 Å². The number of carbonyl (C=O) groups is 1. The number of rotatable bonds is 6. The summed E-state index contributed by atoms with van der Waals surface area (Å²) in [5.74, 6) is -0.495. The Balaban J connectivity index is 1.84. The lowest BCUT2D eigenvalue weighted by atomic mass is 10.1. The quantitative estimate of drug-likeness (QED) is 0.326. The van der Waals surface area contributed by atoms with Crippen molar-refractivity contribution in [3.63, 3.8) is 0 Å². The number of urea groups is 1. The first-order valence-corrected chi connectivity index (χ1v) is 12.3. The Morgan fingerprint density at radius 1 is 1.05 bits per heavy atom. The van der Waals surface area contributed by atoms with Crippen LogP contribution in [0.15, 0.2) is 56.8 Å². The summed E-state index contributed by atoms with van der Waals surface area (Å²) >= 11 is 0. The number of benzene rings is 2. The average Bonchev–Trinajstić information content (AvgIpc) is 3.72. The molecule has 5 rings (SSSR count). The van der Waals surface area contributed by atoms with Gasteiger partial charge in [0.15, 0.2) is 0 Å². The van der Waals surface area contributed by atoms with E-state index in [1.54, 1.807) is 37.3 Å². The molecule has 2 aromatic heterocycles. The van der Waals surface area contributed by atoms with E-state index in [4.69, 9.17) is 0 Å². The van der Waals surface area contributed by atoms with Crippen molar-refractivity contribution in [2.75, 3.05) is 17.7 Å². The topological polar surface area (TPSA) is 128 Å². The van der Waals surface area contributed by atoms with Crippen molar-refractivity contribution in [1.82, 2.24) is 19.2 Å². The number of nitrogens with one attached hydrogen (secondary N) is 3. The van der Waals surface area contributed by atoms with Gasteiger partial charge in [-0.15, -0.1) is 0 Å². The summed E-state index contributed by atoms with van der Waals surface area (Å²) in [6, 6.07) is 10.1. The number of nitrogens with zero attached hydrogens (tertiary/aromatic N) is 3. The minimum atomic E-state index is -0.633. The third-order valence-electron chi connectivity index (χ3n) is 6.69. The zero-order valence-corrected chi connectivity index (χ0v) is 21.8. The van der Waals surface area contributed by atoms with Crippen LogP contribution >= 0.6 is 0 Å². The first kappa shape index (κ1) is 25.9. The smallest absolute Gasteiger partial charge is 0.338 e. The molecule has 0 spiro atoms. The first-order valence-electron chi connectivity index (χ1n) is 12.3. The molecule has 3 N–H and O–H groups in total. The second kappa shape index (κ2) is 9.87. The molecule has 0 radical (unpaired) electrons. The van der Waals surface area contributed by atoms with Crippen molar-refractivity contribution in [1.29, 1.82) is 0 Å². The monoisotopic (exact) mass is 534 g/mol.